The molecule has 0 aliphatic rings. The van der Waals surface area contributed by atoms with Crippen LogP contribution in [0.25, 0.3) is 0 Å². The van der Waals surface area contributed by atoms with Crippen molar-refractivity contribution in [3.05, 3.63) is 22.8 Å². The highest BCUT2D eigenvalue weighted by molar-refractivity contribution is 6.33. The lowest BCUT2D eigenvalue weighted by atomic mass is 9.98. The Kier molecular flexibility index (Phi) is 5.21. The van der Waals surface area contributed by atoms with Crippen molar-refractivity contribution in [3.8, 4) is 0 Å². The second kappa shape index (κ2) is 6.30. The zero-order chi connectivity index (χ0) is 15.5. The summed E-state index contributed by atoms with van der Waals surface area (Å²) in [6.07, 6.45) is -3.20. The predicted molar refractivity (Wildman–Crippen MR) is 70.3 cm³/mol. The van der Waals surface area contributed by atoms with Crippen molar-refractivity contribution in [1.29, 1.82) is 0 Å². The summed E-state index contributed by atoms with van der Waals surface area (Å²) in [5, 5.41) is 2.48. The summed E-state index contributed by atoms with van der Waals surface area (Å²) in [6, 6.07) is 0.00712. The number of aromatic nitrogens is 1. The molecule has 0 fully saturated rings. The molecular formula is C12H15ClF3N3O. The number of amides is 1. The number of rotatable bonds is 5. The normalized spacial score (nSPS) is 14.7. The second-order valence-electron chi connectivity index (χ2n) is 4.46. The number of alkyl halides is 3. The van der Waals surface area contributed by atoms with Crippen LogP contribution in [0.15, 0.2) is 12.3 Å². The Bertz CT molecular complexity index is 493. The SMILES string of the molecule is CCC(C)C(Nc1ncc(C(F)(F)F)cc1Cl)C(N)=O. The van der Waals surface area contributed by atoms with E-state index >= 15 is 0 Å². The van der Waals surface area contributed by atoms with Crippen LogP contribution in [0.2, 0.25) is 5.02 Å². The van der Waals surface area contributed by atoms with Crippen molar-refractivity contribution in [2.75, 3.05) is 5.32 Å². The van der Waals surface area contributed by atoms with Gasteiger partial charge < -0.3 is 11.1 Å². The average Bonchev–Trinajstić information content (AvgIpc) is 2.34. The maximum Gasteiger partial charge on any atom is 0.417 e. The number of hydrogen-bond donors (Lipinski definition) is 2. The molecular weight excluding hydrogens is 295 g/mol. The van der Waals surface area contributed by atoms with E-state index in [4.69, 9.17) is 17.3 Å². The Morgan fingerprint density at radius 3 is 2.55 bits per heavy atom. The molecule has 1 aromatic heterocycles. The molecule has 0 saturated heterocycles. The van der Waals surface area contributed by atoms with Crippen molar-refractivity contribution in [1.82, 2.24) is 4.98 Å². The van der Waals surface area contributed by atoms with Gasteiger partial charge in [-0.05, 0) is 12.0 Å². The number of carbonyl (C=O) groups excluding carboxylic acids is 1. The first-order valence-electron chi connectivity index (χ1n) is 5.95. The van der Waals surface area contributed by atoms with E-state index < -0.39 is 23.7 Å². The van der Waals surface area contributed by atoms with Gasteiger partial charge in [-0.2, -0.15) is 13.2 Å². The van der Waals surface area contributed by atoms with Gasteiger partial charge >= 0.3 is 6.18 Å². The van der Waals surface area contributed by atoms with Crippen molar-refractivity contribution in [3.63, 3.8) is 0 Å². The first-order chi connectivity index (χ1) is 9.16. The molecule has 20 heavy (non-hydrogen) atoms. The molecule has 3 N–H and O–H groups in total. The summed E-state index contributed by atoms with van der Waals surface area (Å²) in [5.41, 5.74) is 4.31. The standard InChI is InChI=1S/C12H15ClF3N3O/c1-3-6(2)9(10(17)20)19-11-8(13)4-7(5-18-11)12(14,15)16/h4-6,9H,3H2,1-2H3,(H2,17,20)(H,18,19). The highest BCUT2D eigenvalue weighted by Crippen LogP contribution is 2.32. The largest absolute Gasteiger partial charge is 0.417 e. The van der Waals surface area contributed by atoms with E-state index in [0.717, 1.165) is 6.07 Å². The highest BCUT2D eigenvalue weighted by Gasteiger charge is 2.32. The van der Waals surface area contributed by atoms with Crippen LogP contribution in [0, 0.1) is 5.92 Å². The molecule has 1 aromatic rings. The number of nitrogens with two attached hydrogens (primary N) is 1. The summed E-state index contributed by atoms with van der Waals surface area (Å²) < 4.78 is 37.4. The number of pyridine rings is 1. The van der Waals surface area contributed by atoms with Gasteiger partial charge in [-0.15, -0.1) is 0 Å². The van der Waals surface area contributed by atoms with Crippen LogP contribution in [0.4, 0.5) is 19.0 Å². The molecule has 0 aliphatic carbocycles. The van der Waals surface area contributed by atoms with Crippen LogP contribution < -0.4 is 11.1 Å². The summed E-state index contributed by atoms with van der Waals surface area (Å²) in [5.74, 6) is -0.714. The zero-order valence-corrected chi connectivity index (χ0v) is 11.7. The molecule has 0 aliphatic heterocycles. The van der Waals surface area contributed by atoms with Gasteiger partial charge in [0.2, 0.25) is 5.91 Å². The number of nitrogens with zero attached hydrogens (tertiary/aromatic N) is 1. The van der Waals surface area contributed by atoms with Crippen LogP contribution in [-0.4, -0.2) is 16.9 Å². The monoisotopic (exact) mass is 309 g/mol. The van der Waals surface area contributed by atoms with Crippen molar-refractivity contribution in [2.45, 2.75) is 32.5 Å². The van der Waals surface area contributed by atoms with Gasteiger partial charge in [-0.25, -0.2) is 4.98 Å². The first-order valence-corrected chi connectivity index (χ1v) is 6.33. The fraction of sp³-hybridized carbons (Fsp3) is 0.500. The Labute approximate surface area is 119 Å². The van der Waals surface area contributed by atoms with Crippen LogP contribution in [-0.2, 0) is 11.0 Å². The van der Waals surface area contributed by atoms with Crippen LogP contribution in [0.1, 0.15) is 25.8 Å². The van der Waals surface area contributed by atoms with Gasteiger partial charge in [0.05, 0.1) is 10.6 Å². The van der Waals surface area contributed by atoms with Gasteiger partial charge in [0.25, 0.3) is 0 Å². The molecule has 112 valence electrons. The average molecular weight is 310 g/mol. The lowest BCUT2D eigenvalue weighted by molar-refractivity contribution is -0.137. The quantitative estimate of drug-likeness (QED) is 0.878. The fourth-order valence-corrected chi connectivity index (χ4v) is 1.80. The number of nitrogens with one attached hydrogen (secondary N) is 1. The summed E-state index contributed by atoms with van der Waals surface area (Å²) >= 11 is 5.75. The molecule has 8 heteroatoms. The minimum Gasteiger partial charge on any atom is -0.368 e. The molecule has 0 saturated carbocycles. The van der Waals surface area contributed by atoms with Crippen molar-refractivity contribution < 1.29 is 18.0 Å². The van der Waals surface area contributed by atoms with E-state index in [0.29, 0.717) is 12.6 Å². The number of primary amides is 1. The fourth-order valence-electron chi connectivity index (χ4n) is 1.58. The van der Waals surface area contributed by atoms with Crippen LogP contribution in [0.3, 0.4) is 0 Å². The van der Waals surface area contributed by atoms with E-state index in [-0.39, 0.29) is 16.8 Å². The topological polar surface area (TPSA) is 68.0 Å². The smallest absolute Gasteiger partial charge is 0.368 e. The minimum absolute atomic E-state index is 0.00349. The predicted octanol–water partition coefficient (Wildman–Crippen LogP) is 3.07. The van der Waals surface area contributed by atoms with E-state index in [2.05, 4.69) is 10.3 Å². The van der Waals surface area contributed by atoms with E-state index in [1.807, 2.05) is 6.92 Å². The summed E-state index contributed by atoms with van der Waals surface area (Å²) in [6.45, 7) is 3.66. The maximum atomic E-state index is 12.5. The second-order valence-corrected chi connectivity index (χ2v) is 4.87. The molecule has 2 unspecified atom stereocenters. The number of anilines is 1. The molecule has 4 nitrogen and oxygen atoms in total. The first kappa shape index (κ1) is 16.6. The summed E-state index contributed by atoms with van der Waals surface area (Å²) in [7, 11) is 0. The third-order valence-corrected chi connectivity index (χ3v) is 3.27. The Morgan fingerprint density at radius 1 is 1.55 bits per heavy atom. The third-order valence-electron chi connectivity index (χ3n) is 2.98. The van der Waals surface area contributed by atoms with E-state index in [1.54, 1.807) is 6.92 Å². The molecule has 2 atom stereocenters. The summed E-state index contributed by atoms with van der Waals surface area (Å²) in [4.78, 5) is 15.0. The highest BCUT2D eigenvalue weighted by atomic mass is 35.5. The molecule has 1 amide bonds. The Balaban J connectivity index is 3.00. The Hall–Kier alpha value is -1.50. The molecule has 1 heterocycles. The number of halogens is 4. The van der Waals surface area contributed by atoms with Gasteiger partial charge in [-0.3, -0.25) is 4.79 Å². The molecule has 0 spiro atoms. The number of hydrogen-bond acceptors (Lipinski definition) is 3. The molecule has 0 aromatic carbocycles. The molecule has 1 rings (SSSR count). The van der Waals surface area contributed by atoms with Gasteiger partial charge in [0, 0.05) is 6.20 Å². The minimum atomic E-state index is -4.52. The van der Waals surface area contributed by atoms with Gasteiger partial charge in [0.1, 0.15) is 11.9 Å². The zero-order valence-electron chi connectivity index (χ0n) is 11.0. The van der Waals surface area contributed by atoms with Crippen molar-refractivity contribution in [2.24, 2.45) is 11.7 Å². The maximum absolute atomic E-state index is 12.5. The molecule has 0 bridgehead atoms. The van der Waals surface area contributed by atoms with E-state index in [9.17, 15) is 18.0 Å². The lowest BCUT2D eigenvalue weighted by Gasteiger charge is -2.22. The van der Waals surface area contributed by atoms with Gasteiger partial charge in [-0.1, -0.05) is 31.9 Å². The third kappa shape index (κ3) is 4.00. The van der Waals surface area contributed by atoms with Crippen molar-refractivity contribution >= 4 is 23.3 Å². The van der Waals surface area contributed by atoms with Gasteiger partial charge in [0.15, 0.2) is 0 Å². The molecule has 0 radical (unpaired) electrons. The number of carbonyl (C=O) groups is 1. The van der Waals surface area contributed by atoms with Crippen LogP contribution in [0.5, 0.6) is 0 Å². The Morgan fingerprint density at radius 2 is 2.15 bits per heavy atom. The lowest BCUT2D eigenvalue weighted by Crippen LogP contribution is -2.40. The van der Waals surface area contributed by atoms with Crippen LogP contribution >= 0.6 is 11.6 Å². The van der Waals surface area contributed by atoms with E-state index in [1.165, 1.54) is 0 Å².